The number of rotatable bonds is 4. The van der Waals surface area contributed by atoms with Gasteiger partial charge in [-0.25, -0.2) is 4.98 Å². The van der Waals surface area contributed by atoms with Crippen molar-refractivity contribution in [3.63, 3.8) is 0 Å². The Morgan fingerprint density at radius 3 is 2.80 bits per heavy atom. The summed E-state index contributed by atoms with van der Waals surface area (Å²) in [5.41, 5.74) is 0.885. The van der Waals surface area contributed by atoms with Gasteiger partial charge in [0.15, 0.2) is 0 Å². The molecule has 0 aromatic carbocycles. The summed E-state index contributed by atoms with van der Waals surface area (Å²) in [4.78, 5) is 16.5. The first-order valence-electron chi connectivity index (χ1n) is 8.01. The molecule has 1 atom stereocenters. The summed E-state index contributed by atoms with van der Waals surface area (Å²) in [5, 5.41) is 6.87. The number of halogens is 1. The fraction of sp³-hybridized carbons (Fsp3) is 0.471. The molecule has 1 fully saturated rings. The summed E-state index contributed by atoms with van der Waals surface area (Å²) in [6.07, 6.45) is 2.14. The maximum absolute atomic E-state index is 12.3. The standard InChI is InChI=1S/C17H20ClN3O4/c1-17(2,3)13-7-14(25-21-13)20-15(22)10-6-12(18)16(19-8-10)24-11-4-5-23-9-11/h6-8,11H,4-5,9H2,1-3H3,(H,20,22). The van der Waals surface area contributed by atoms with Crippen LogP contribution >= 0.6 is 11.6 Å². The Hall–Kier alpha value is -2.12. The van der Waals surface area contributed by atoms with Crippen LogP contribution in [0.1, 0.15) is 43.2 Å². The Morgan fingerprint density at radius 2 is 2.20 bits per heavy atom. The number of carbonyl (C=O) groups is 1. The zero-order valence-corrected chi connectivity index (χ0v) is 15.1. The molecule has 8 heteroatoms. The Kier molecular flexibility index (Phi) is 4.96. The zero-order chi connectivity index (χ0) is 18.0. The average molecular weight is 366 g/mol. The van der Waals surface area contributed by atoms with Gasteiger partial charge in [0.2, 0.25) is 11.8 Å². The molecule has 3 heterocycles. The summed E-state index contributed by atoms with van der Waals surface area (Å²) in [5.74, 6) is 0.180. The lowest BCUT2D eigenvalue weighted by Crippen LogP contribution is -2.17. The van der Waals surface area contributed by atoms with Gasteiger partial charge in [-0.15, -0.1) is 0 Å². The van der Waals surface area contributed by atoms with Crippen molar-refractivity contribution in [3.05, 3.63) is 34.6 Å². The monoisotopic (exact) mass is 365 g/mol. The number of nitrogens with zero attached hydrogens (tertiary/aromatic N) is 2. The van der Waals surface area contributed by atoms with E-state index in [0.29, 0.717) is 24.7 Å². The van der Waals surface area contributed by atoms with Crippen molar-refractivity contribution >= 4 is 23.4 Å². The highest BCUT2D eigenvalue weighted by Crippen LogP contribution is 2.26. The van der Waals surface area contributed by atoms with Gasteiger partial charge in [-0.3, -0.25) is 10.1 Å². The summed E-state index contributed by atoms with van der Waals surface area (Å²) < 4.78 is 16.1. The molecule has 0 saturated carbocycles. The van der Waals surface area contributed by atoms with Gasteiger partial charge >= 0.3 is 0 Å². The molecule has 0 radical (unpaired) electrons. The van der Waals surface area contributed by atoms with Gasteiger partial charge in [0.25, 0.3) is 5.91 Å². The van der Waals surface area contributed by atoms with Crippen LogP contribution in [0.5, 0.6) is 5.88 Å². The largest absolute Gasteiger partial charge is 0.471 e. The van der Waals surface area contributed by atoms with Crippen molar-refractivity contribution in [2.45, 2.75) is 38.7 Å². The van der Waals surface area contributed by atoms with E-state index < -0.39 is 0 Å². The molecule has 1 amide bonds. The summed E-state index contributed by atoms with van der Waals surface area (Å²) in [6.45, 7) is 7.20. The third kappa shape index (κ3) is 4.29. The maximum atomic E-state index is 12.3. The minimum Gasteiger partial charge on any atom is -0.471 e. The number of aromatic nitrogens is 2. The van der Waals surface area contributed by atoms with Crippen LogP contribution in [0.4, 0.5) is 5.88 Å². The molecular formula is C17H20ClN3O4. The second kappa shape index (κ2) is 7.01. The van der Waals surface area contributed by atoms with Crippen LogP contribution in [0, 0.1) is 0 Å². The minimum absolute atomic E-state index is 0.0605. The van der Waals surface area contributed by atoms with Crippen LogP contribution in [-0.2, 0) is 10.2 Å². The predicted octanol–water partition coefficient (Wildman–Crippen LogP) is 3.44. The van der Waals surface area contributed by atoms with E-state index in [1.54, 1.807) is 6.07 Å². The highest BCUT2D eigenvalue weighted by molar-refractivity contribution is 6.32. The van der Waals surface area contributed by atoms with Crippen LogP contribution in [0.2, 0.25) is 5.02 Å². The van der Waals surface area contributed by atoms with E-state index in [2.05, 4.69) is 15.5 Å². The summed E-state index contributed by atoms with van der Waals surface area (Å²) in [7, 11) is 0. The van der Waals surface area contributed by atoms with Gasteiger partial charge in [-0.2, -0.15) is 0 Å². The first kappa shape index (κ1) is 17.7. The van der Waals surface area contributed by atoms with E-state index in [4.69, 9.17) is 25.6 Å². The van der Waals surface area contributed by atoms with Crippen LogP contribution in [0.25, 0.3) is 0 Å². The lowest BCUT2D eigenvalue weighted by molar-refractivity contribution is 0.102. The molecule has 0 spiro atoms. The predicted molar refractivity (Wildman–Crippen MR) is 92.3 cm³/mol. The van der Waals surface area contributed by atoms with Crippen LogP contribution in [0.3, 0.4) is 0 Å². The molecule has 0 bridgehead atoms. The molecule has 7 nitrogen and oxygen atoms in total. The first-order chi connectivity index (χ1) is 11.8. The number of nitrogens with one attached hydrogen (secondary N) is 1. The van der Waals surface area contributed by atoms with E-state index >= 15 is 0 Å². The maximum Gasteiger partial charge on any atom is 0.259 e. The second-order valence-corrected chi connectivity index (χ2v) is 7.30. The fourth-order valence-electron chi connectivity index (χ4n) is 2.27. The number of ether oxygens (including phenoxy) is 2. The van der Waals surface area contributed by atoms with Crippen molar-refractivity contribution in [1.29, 1.82) is 0 Å². The number of hydrogen-bond donors (Lipinski definition) is 1. The van der Waals surface area contributed by atoms with Gasteiger partial charge in [0.05, 0.1) is 24.5 Å². The quantitative estimate of drug-likeness (QED) is 0.893. The molecule has 3 rings (SSSR count). The number of amides is 1. The number of pyridine rings is 1. The van der Waals surface area contributed by atoms with Crippen molar-refractivity contribution < 1.29 is 18.8 Å². The molecule has 2 aromatic rings. The number of hydrogen-bond acceptors (Lipinski definition) is 6. The number of anilines is 1. The Balaban J connectivity index is 1.67. The van der Waals surface area contributed by atoms with Crippen LogP contribution in [0.15, 0.2) is 22.9 Å². The topological polar surface area (TPSA) is 86.5 Å². The highest BCUT2D eigenvalue weighted by atomic mass is 35.5. The normalized spacial score (nSPS) is 17.5. The third-order valence-corrected chi connectivity index (χ3v) is 4.02. The molecule has 1 saturated heterocycles. The number of carbonyl (C=O) groups excluding carboxylic acids is 1. The van der Waals surface area contributed by atoms with Crippen molar-refractivity contribution in [1.82, 2.24) is 10.1 Å². The molecule has 1 aliphatic rings. The molecule has 2 aromatic heterocycles. The minimum atomic E-state index is -0.387. The lowest BCUT2D eigenvalue weighted by Gasteiger charge is -2.12. The Morgan fingerprint density at radius 1 is 1.40 bits per heavy atom. The van der Waals surface area contributed by atoms with Crippen LogP contribution < -0.4 is 10.1 Å². The zero-order valence-electron chi connectivity index (χ0n) is 14.3. The van der Waals surface area contributed by atoms with E-state index in [1.165, 1.54) is 12.3 Å². The van der Waals surface area contributed by atoms with Gasteiger partial charge in [-0.05, 0) is 6.07 Å². The molecule has 0 aliphatic carbocycles. The average Bonchev–Trinajstić information content (AvgIpc) is 3.20. The lowest BCUT2D eigenvalue weighted by atomic mass is 9.92. The molecule has 134 valence electrons. The summed E-state index contributed by atoms with van der Waals surface area (Å²) >= 11 is 6.17. The Labute approximate surface area is 150 Å². The van der Waals surface area contributed by atoms with Gasteiger partial charge in [0.1, 0.15) is 11.1 Å². The summed E-state index contributed by atoms with van der Waals surface area (Å²) in [6, 6.07) is 3.21. The third-order valence-electron chi connectivity index (χ3n) is 3.75. The van der Waals surface area contributed by atoms with Crippen molar-refractivity contribution in [3.8, 4) is 5.88 Å². The Bertz CT molecular complexity index is 763. The van der Waals surface area contributed by atoms with Crippen LogP contribution in [-0.4, -0.2) is 35.4 Å². The van der Waals surface area contributed by atoms with E-state index in [-0.39, 0.29) is 28.3 Å². The first-order valence-corrected chi connectivity index (χ1v) is 8.39. The van der Waals surface area contributed by atoms with E-state index in [0.717, 1.165) is 12.1 Å². The van der Waals surface area contributed by atoms with Crippen molar-refractivity contribution in [2.24, 2.45) is 0 Å². The van der Waals surface area contributed by atoms with Gasteiger partial charge < -0.3 is 14.0 Å². The fourth-order valence-corrected chi connectivity index (χ4v) is 2.48. The molecular weight excluding hydrogens is 346 g/mol. The van der Waals surface area contributed by atoms with Gasteiger partial charge in [0, 0.05) is 24.1 Å². The SMILES string of the molecule is CC(C)(C)c1cc(NC(=O)c2cnc(OC3CCOC3)c(Cl)c2)on1. The van der Waals surface area contributed by atoms with E-state index in [9.17, 15) is 4.79 Å². The molecule has 25 heavy (non-hydrogen) atoms. The van der Waals surface area contributed by atoms with Crippen molar-refractivity contribution in [2.75, 3.05) is 18.5 Å². The second-order valence-electron chi connectivity index (χ2n) is 6.89. The smallest absolute Gasteiger partial charge is 0.259 e. The highest BCUT2D eigenvalue weighted by Gasteiger charge is 2.22. The molecule has 1 aliphatic heterocycles. The molecule has 1 unspecified atom stereocenters. The van der Waals surface area contributed by atoms with Gasteiger partial charge in [-0.1, -0.05) is 37.5 Å². The molecule has 1 N–H and O–H groups in total. The van der Waals surface area contributed by atoms with E-state index in [1.807, 2.05) is 20.8 Å².